The van der Waals surface area contributed by atoms with Gasteiger partial charge < -0.3 is 15.0 Å². The maximum absolute atomic E-state index is 5.21. The Balaban J connectivity index is 1.83. The van der Waals surface area contributed by atoms with Crippen LogP contribution in [0.25, 0.3) is 0 Å². The summed E-state index contributed by atoms with van der Waals surface area (Å²) in [5, 5.41) is 3.57. The van der Waals surface area contributed by atoms with Gasteiger partial charge in [0.15, 0.2) is 0 Å². The molecule has 3 heteroatoms. The molecule has 0 spiro atoms. The van der Waals surface area contributed by atoms with E-state index in [9.17, 15) is 0 Å². The van der Waals surface area contributed by atoms with Crippen molar-refractivity contribution < 1.29 is 4.74 Å². The van der Waals surface area contributed by atoms with Crippen molar-refractivity contribution in [3.63, 3.8) is 0 Å². The first-order valence-corrected chi connectivity index (χ1v) is 6.24. The maximum Gasteiger partial charge on any atom is 0.0615 e. The van der Waals surface area contributed by atoms with Crippen molar-refractivity contribution in [3.05, 3.63) is 0 Å². The first-order valence-electron chi connectivity index (χ1n) is 6.24. The van der Waals surface area contributed by atoms with E-state index < -0.39 is 0 Å². The van der Waals surface area contributed by atoms with Crippen LogP contribution in [0.5, 0.6) is 0 Å². The van der Waals surface area contributed by atoms with E-state index in [2.05, 4.69) is 17.3 Å². The molecule has 3 atom stereocenters. The normalized spacial score (nSPS) is 38.4. The number of piperidine rings is 1. The number of ether oxygens (including phenoxy) is 1. The highest BCUT2D eigenvalue weighted by atomic mass is 16.5. The summed E-state index contributed by atoms with van der Waals surface area (Å²) in [6.45, 7) is 3.34. The Morgan fingerprint density at radius 1 is 1.40 bits per heavy atom. The Morgan fingerprint density at radius 3 is 3.00 bits per heavy atom. The van der Waals surface area contributed by atoms with Gasteiger partial charge in [0.1, 0.15) is 0 Å². The van der Waals surface area contributed by atoms with E-state index in [1.807, 2.05) is 0 Å². The molecule has 0 saturated carbocycles. The van der Waals surface area contributed by atoms with Crippen molar-refractivity contribution in [1.29, 1.82) is 0 Å². The summed E-state index contributed by atoms with van der Waals surface area (Å²) in [7, 11) is 4.08. The Morgan fingerprint density at radius 2 is 2.27 bits per heavy atom. The molecule has 15 heavy (non-hydrogen) atoms. The van der Waals surface area contributed by atoms with Crippen molar-refractivity contribution in [2.45, 2.75) is 37.8 Å². The number of methoxy groups -OCH3 is 1. The Labute approximate surface area is 93.2 Å². The van der Waals surface area contributed by atoms with Crippen LogP contribution in [0.1, 0.15) is 25.7 Å². The maximum atomic E-state index is 5.21. The van der Waals surface area contributed by atoms with E-state index in [1.54, 1.807) is 7.11 Å². The fourth-order valence-corrected chi connectivity index (χ4v) is 3.17. The number of rotatable bonds is 3. The molecule has 0 aromatic rings. The zero-order chi connectivity index (χ0) is 10.7. The number of likely N-dealkylation sites (tertiary alicyclic amines) is 1. The molecule has 2 saturated heterocycles. The minimum absolute atomic E-state index is 0.593. The van der Waals surface area contributed by atoms with E-state index in [0.717, 1.165) is 18.6 Å². The summed E-state index contributed by atoms with van der Waals surface area (Å²) in [5.41, 5.74) is 0. The van der Waals surface area contributed by atoms with E-state index >= 15 is 0 Å². The van der Waals surface area contributed by atoms with Crippen LogP contribution in [0.3, 0.4) is 0 Å². The Bertz CT molecular complexity index is 198. The van der Waals surface area contributed by atoms with Crippen LogP contribution in [0.15, 0.2) is 0 Å². The van der Waals surface area contributed by atoms with E-state index in [0.29, 0.717) is 6.04 Å². The van der Waals surface area contributed by atoms with Gasteiger partial charge in [0, 0.05) is 19.2 Å². The smallest absolute Gasteiger partial charge is 0.0615 e. The lowest BCUT2D eigenvalue weighted by Gasteiger charge is -2.36. The molecule has 2 aliphatic rings. The Kier molecular flexibility index (Phi) is 4.00. The average molecular weight is 212 g/mol. The second-order valence-corrected chi connectivity index (χ2v) is 5.10. The third-order valence-electron chi connectivity index (χ3n) is 3.99. The zero-order valence-electron chi connectivity index (χ0n) is 10.0. The van der Waals surface area contributed by atoms with Gasteiger partial charge in [-0.2, -0.15) is 0 Å². The predicted octanol–water partition coefficient (Wildman–Crippen LogP) is 1.10. The van der Waals surface area contributed by atoms with Crippen molar-refractivity contribution in [3.8, 4) is 0 Å². The number of nitrogens with one attached hydrogen (secondary N) is 1. The van der Waals surface area contributed by atoms with Crippen LogP contribution in [0.2, 0.25) is 0 Å². The number of nitrogens with zero attached hydrogens (tertiary/aromatic N) is 1. The van der Waals surface area contributed by atoms with Crippen molar-refractivity contribution >= 4 is 0 Å². The lowest BCUT2D eigenvalue weighted by molar-refractivity contribution is 0.130. The van der Waals surface area contributed by atoms with E-state index in [-0.39, 0.29) is 0 Å². The third kappa shape index (κ3) is 2.71. The molecule has 3 nitrogen and oxygen atoms in total. The molecule has 0 aromatic heterocycles. The van der Waals surface area contributed by atoms with Gasteiger partial charge in [0.25, 0.3) is 0 Å². The molecule has 0 amide bonds. The number of hydrogen-bond acceptors (Lipinski definition) is 3. The van der Waals surface area contributed by atoms with Crippen LogP contribution >= 0.6 is 0 Å². The zero-order valence-corrected chi connectivity index (χ0v) is 10.0. The first kappa shape index (κ1) is 11.4. The fraction of sp³-hybridized carbons (Fsp3) is 1.00. The van der Waals surface area contributed by atoms with Crippen LogP contribution < -0.4 is 5.32 Å². The van der Waals surface area contributed by atoms with Gasteiger partial charge in [-0.05, 0) is 45.3 Å². The molecule has 1 N–H and O–H groups in total. The van der Waals surface area contributed by atoms with Crippen LogP contribution in [-0.2, 0) is 4.74 Å². The van der Waals surface area contributed by atoms with Crippen molar-refractivity contribution in [2.75, 3.05) is 33.9 Å². The highest BCUT2D eigenvalue weighted by molar-refractivity contribution is 4.90. The van der Waals surface area contributed by atoms with E-state index in [4.69, 9.17) is 4.74 Å². The summed E-state index contributed by atoms with van der Waals surface area (Å²) >= 11 is 0. The lowest BCUT2D eigenvalue weighted by atomic mass is 9.89. The van der Waals surface area contributed by atoms with Gasteiger partial charge in [-0.3, -0.25) is 0 Å². The summed E-state index contributed by atoms with van der Waals surface area (Å²) in [6.07, 6.45) is 5.49. The highest BCUT2D eigenvalue weighted by Gasteiger charge is 2.33. The van der Waals surface area contributed by atoms with Gasteiger partial charge >= 0.3 is 0 Å². The van der Waals surface area contributed by atoms with Crippen molar-refractivity contribution in [1.82, 2.24) is 10.2 Å². The molecule has 2 rings (SSSR count). The summed E-state index contributed by atoms with van der Waals surface area (Å²) in [5.74, 6) is 0.843. The topological polar surface area (TPSA) is 24.5 Å². The molecule has 2 fully saturated rings. The molecule has 0 radical (unpaired) electrons. The molecule has 0 aromatic carbocycles. The molecule has 0 aliphatic carbocycles. The standard InChI is InChI=1S/C12H24N2O/c1-14-6-4-3-5-12(14)10-7-11(9-15-2)13-8-10/h10-13H,3-9H2,1-2H3. The van der Waals surface area contributed by atoms with Gasteiger partial charge in [-0.25, -0.2) is 0 Å². The summed E-state index contributed by atoms with van der Waals surface area (Å²) in [6, 6.07) is 1.41. The predicted molar refractivity (Wildman–Crippen MR) is 62.0 cm³/mol. The molecule has 2 heterocycles. The van der Waals surface area contributed by atoms with Crippen molar-refractivity contribution in [2.24, 2.45) is 5.92 Å². The summed E-state index contributed by atoms with van der Waals surface area (Å²) < 4.78 is 5.21. The second kappa shape index (κ2) is 5.28. The van der Waals surface area contributed by atoms with E-state index in [1.165, 1.54) is 38.8 Å². The Hall–Kier alpha value is -0.120. The molecular formula is C12H24N2O. The minimum atomic E-state index is 0.593. The highest BCUT2D eigenvalue weighted by Crippen LogP contribution is 2.27. The third-order valence-corrected chi connectivity index (χ3v) is 3.99. The lowest BCUT2D eigenvalue weighted by Crippen LogP contribution is -2.42. The minimum Gasteiger partial charge on any atom is -0.383 e. The molecule has 88 valence electrons. The average Bonchev–Trinajstić information content (AvgIpc) is 2.68. The van der Waals surface area contributed by atoms with Crippen LogP contribution in [0, 0.1) is 5.92 Å². The van der Waals surface area contributed by atoms with Crippen LogP contribution in [-0.4, -0.2) is 50.8 Å². The first-order chi connectivity index (χ1) is 7.31. The van der Waals surface area contributed by atoms with Gasteiger partial charge in [-0.1, -0.05) is 6.42 Å². The SMILES string of the molecule is COCC1CC(C2CCCCN2C)CN1. The molecular weight excluding hydrogens is 188 g/mol. The molecule has 2 aliphatic heterocycles. The number of hydrogen-bond donors (Lipinski definition) is 1. The van der Waals surface area contributed by atoms with Gasteiger partial charge in [0.2, 0.25) is 0 Å². The van der Waals surface area contributed by atoms with Gasteiger partial charge in [-0.15, -0.1) is 0 Å². The summed E-state index contributed by atoms with van der Waals surface area (Å²) in [4.78, 5) is 2.56. The molecule has 0 bridgehead atoms. The monoisotopic (exact) mass is 212 g/mol. The van der Waals surface area contributed by atoms with Crippen LogP contribution in [0.4, 0.5) is 0 Å². The van der Waals surface area contributed by atoms with Gasteiger partial charge in [0.05, 0.1) is 6.61 Å². The molecule has 3 unspecified atom stereocenters. The quantitative estimate of drug-likeness (QED) is 0.758. The second-order valence-electron chi connectivity index (χ2n) is 5.10. The fourth-order valence-electron chi connectivity index (χ4n) is 3.17. The largest absolute Gasteiger partial charge is 0.383 e.